The molecule has 0 aromatic carbocycles. The molecule has 0 spiro atoms. The second-order valence-corrected chi connectivity index (χ2v) is 3.94. The minimum Gasteiger partial charge on any atom is -0.296 e. The summed E-state index contributed by atoms with van der Waals surface area (Å²) in [6.45, 7) is 0. The number of rotatable bonds is 2. The van der Waals surface area contributed by atoms with Gasteiger partial charge in [0.05, 0.1) is 11.2 Å². The Morgan fingerprint density at radius 3 is 2.81 bits per heavy atom. The number of hydrogen-bond acceptors (Lipinski definition) is 5. The van der Waals surface area contributed by atoms with E-state index in [0.717, 1.165) is 11.5 Å². The quantitative estimate of drug-likeness (QED) is 0.862. The molecule has 0 fully saturated rings. The van der Waals surface area contributed by atoms with Gasteiger partial charge in [-0.25, -0.2) is 9.78 Å². The van der Waals surface area contributed by atoms with Gasteiger partial charge in [-0.3, -0.25) is 10.6 Å². The van der Waals surface area contributed by atoms with Crippen LogP contribution in [0.15, 0.2) is 24.5 Å². The molecule has 0 saturated carbocycles. The summed E-state index contributed by atoms with van der Waals surface area (Å²) >= 11 is 6.75. The van der Waals surface area contributed by atoms with E-state index in [1.54, 1.807) is 12.1 Å². The summed E-state index contributed by atoms with van der Waals surface area (Å²) in [7, 11) is 0. The van der Waals surface area contributed by atoms with Crippen molar-refractivity contribution in [2.24, 2.45) is 0 Å². The Hall–Kier alpha value is -1.73. The molecule has 6 nitrogen and oxygen atoms in total. The number of urea groups is 1. The van der Waals surface area contributed by atoms with E-state index in [1.165, 1.54) is 12.4 Å². The molecule has 0 atom stereocenters. The Morgan fingerprint density at radius 1 is 1.31 bits per heavy atom. The van der Waals surface area contributed by atoms with Crippen molar-refractivity contribution in [3.8, 4) is 0 Å². The van der Waals surface area contributed by atoms with Gasteiger partial charge in [-0.2, -0.15) is 0 Å². The maximum atomic E-state index is 11.4. The number of nitrogens with zero attached hydrogens (tertiary/aromatic N) is 3. The van der Waals surface area contributed by atoms with Crippen molar-refractivity contribution in [3.63, 3.8) is 0 Å². The lowest BCUT2D eigenvalue weighted by atomic mass is 10.4. The second kappa shape index (κ2) is 4.86. The molecule has 2 rings (SSSR count). The van der Waals surface area contributed by atoms with Gasteiger partial charge in [0.2, 0.25) is 0 Å². The fraction of sp³-hybridized carbons (Fsp3) is 0. The molecule has 2 heterocycles. The van der Waals surface area contributed by atoms with Gasteiger partial charge < -0.3 is 0 Å². The highest BCUT2D eigenvalue weighted by Crippen LogP contribution is 2.11. The molecule has 0 aliphatic rings. The van der Waals surface area contributed by atoms with Crippen LogP contribution in [-0.4, -0.2) is 20.6 Å². The van der Waals surface area contributed by atoms with Gasteiger partial charge in [0.15, 0.2) is 0 Å². The number of anilines is 2. The molecule has 2 aromatic heterocycles. The lowest BCUT2D eigenvalue weighted by Crippen LogP contribution is -2.19. The van der Waals surface area contributed by atoms with E-state index in [4.69, 9.17) is 11.6 Å². The van der Waals surface area contributed by atoms with Crippen LogP contribution in [0.25, 0.3) is 0 Å². The van der Waals surface area contributed by atoms with E-state index >= 15 is 0 Å². The van der Waals surface area contributed by atoms with E-state index in [0.29, 0.717) is 15.8 Å². The Bertz CT molecular complexity index is 472. The van der Waals surface area contributed by atoms with Crippen molar-refractivity contribution in [2.75, 3.05) is 10.6 Å². The lowest BCUT2D eigenvalue weighted by molar-refractivity contribution is 0.262. The van der Waals surface area contributed by atoms with Crippen LogP contribution < -0.4 is 10.6 Å². The van der Waals surface area contributed by atoms with Crippen molar-refractivity contribution in [2.45, 2.75) is 0 Å². The molecule has 2 aromatic rings. The predicted molar refractivity (Wildman–Crippen MR) is 61.8 cm³/mol. The summed E-state index contributed by atoms with van der Waals surface area (Å²) in [6, 6.07) is 2.84. The van der Waals surface area contributed by atoms with Gasteiger partial charge in [0.25, 0.3) is 0 Å². The fourth-order valence-corrected chi connectivity index (χ4v) is 1.46. The molecule has 0 saturated heterocycles. The standard InChI is InChI=1S/C8H6ClN5OS/c9-5-1-2-6(10-3-5)12-8(15)13-7-4-11-14-16-7/h1-4H,(H2,10,12,13,15). The predicted octanol–water partition coefficient (Wildman–Crippen LogP) is 2.23. The smallest absolute Gasteiger partial charge is 0.296 e. The van der Waals surface area contributed by atoms with Gasteiger partial charge in [-0.1, -0.05) is 16.1 Å². The van der Waals surface area contributed by atoms with Gasteiger partial charge in [-0.05, 0) is 12.1 Å². The van der Waals surface area contributed by atoms with Gasteiger partial charge in [-0.15, -0.1) is 5.10 Å². The third-order valence-corrected chi connectivity index (χ3v) is 2.37. The maximum Gasteiger partial charge on any atom is 0.325 e. The number of hydrogen-bond donors (Lipinski definition) is 2. The third kappa shape index (κ3) is 2.88. The number of halogens is 1. The summed E-state index contributed by atoms with van der Waals surface area (Å²) in [6.07, 6.45) is 2.91. The minimum absolute atomic E-state index is 0.402. The van der Waals surface area contributed by atoms with E-state index in [-0.39, 0.29) is 0 Å². The van der Waals surface area contributed by atoms with E-state index in [2.05, 4.69) is 25.2 Å². The van der Waals surface area contributed by atoms with Crippen LogP contribution >= 0.6 is 23.1 Å². The largest absolute Gasteiger partial charge is 0.325 e. The zero-order valence-corrected chi connectivity index (χ0v) is 9.42. The Morgan fingerprint density at radius 2 is 2.19 bits per heavy atom. The molecule has 16 heavy (non-hydrogen) atoms. The molecule has 0 radical (unpaired) electrons. The fourth-order valence-electron chi connectivity index (χ4n) is 0.931. The van der Waals surface area contributed by atoms with Crippen LogP contribution in [0.1, 0.15) is 0 Å². The van der Waals surface area contributed by atoms with Crippen LogP contribution in [-0.2, 0) is 0 Å². The van der Waals surface area contributed by atoms with Crippen LogP contribution in [0, 0.1) is 0 Å². The van der Waals surface area contributed by atoms with Crippen LogP contribution in [0.2, 0.25) is 5.02 Å². The van der Waals surface area contributed by atoms with Crippen LogP contribution in [0.5, 0.6) is 0 Å². The van der Waals surface area contributed by atoms with Crippen molar-refractivity contribution in [1.82, 2.24) is 14.6 Å². The number of carbonyl (C=O) groups excluding carboxylic acids is 1. The molecule has 8 heteroatoms. The summed E-state index contributed by atoms with van der Waals surface area (Å²) in [5.74, 6) is 0.416. The average Bonchev–Trinajstić information content (AvgIpc) is 2.74. The molecule has 0 bridgehead atoms. The molecule has 82 valence electrons. The van der Waals surface area contributed by atoms with Crippen molar-refractivity contribution >= 4 is 40.0 Å². The summed E-state index contributed by atoms with van der Waals surface area (Å²) in [5, 5.41) is 9.75. The SMILES string of the molecule is O=C(Nc1ccc(Cl)cn1)Nc1cnns1. The lowest BCUT2D eigenvalue weighted by Gasteiger charge is -2.03. The first-order valence-electron chi connectivity index (χ1n) is 4.21. The molecule has 2 amide bonds. The van der Waals surface area contributed by atoms with Crippen molar-refractivity contribution in [3.05, 3.63) is 29.5 Å². The molecular weight excluding hydrogens is 250 g/mol. The Balaban J connectivity index is 1.95. The maximum absolute atomic E-state index is 11.4. The summed E-state index contributed by atoms with van der Waals surface area (Å²) in [4.78, 5) is 15.3. The number of amides is 2. The summed E-state index contributed by atoms with van der Waals surface area (Å²) < 4.78 is 3.61. The van der Waals surface area contributed by atoms with Crippen LogP contribution in [0.3, 0.4) is 0 Å². The normalized spacial score (nSPS) is 9.81. The Kier molecular flexibility index (Phi) is 3.28. The van der Waals surface area contributed by atoms with E-state index in [1.807, 2.05) is 0 Å². The van der Waals surface area contributed by atoms with E-state index < -0.39 is 6.03 Å². The minimum atomic E-state index is -0.402. The highest BCUT2D eigenvalue weighted by Gasteiger charge is 2.04. The molecule has 0 aliphatic heterocycles. The van der Waals surface area contributed by atoms with Crippen molar-refractivity contribution < 1.29 is 4.79 Å². The second-order valence-electron chi connectivity index (χ2n) is 2.72. The van der Waals surface area contributed by atoms with Crippen LogP contribution in [0.4, 0.5) is 15.6 Å². The zero-order chi connectivity index (χ0) is 11.4. The van der Waals surface area contributed by atoms with Crippen molar-refractivity contribution in [1.29, 1.82) is 0 Å². The topological polar surface area (TPSA) is 79.8 Å². The Labute approximate surface area is 99.8 Å². The molecule has 0 aliphatic carbocycles. The first kappa shape index (κ1) is 10.8. The first-order valence-corrected chi connectivity index (χ1v) is 5.36. The monoisotopic (exact) mass is 255 g/mol. The van der Waals surface area contributed by atoms with Gasteiger partial charge in [0.1, 0.15) is 10.8 Å². The highest BCUT2D eigenvalue weighted by molar-refractivity contribution is 7.10. The van der Waals surface area contributed by atoms with E-state index in [9.17, 15) is 4.79 Å². The molecular formula is C8H6ClN5OS. The average molecular weight is 256 g/mol. The zero-order valence-electron chi connectivity index (χ0n) is 7.85. The highest BCUT2D eigenvalue weighted by atomic mass is 35.5. The summed E-state index contributed by atoms with van der Waals surface area (Å²) in [5.41, 5.74) is 0. The van der Waals surface area contributed by atoms with Gasteiger partial charge in [0, 0.05) is 17.7 Å². The third-order valence-electron chi connectivity index (χ3n) is 1.57. The first-order chi connectivity index (χ1) is 7.74. The molecule has 2 N–H and O–H groups in total. The number of aromatic nitrogens is 3. The number of nitrogens with one attached hydrogen (secondary N) is 2. The number of carbonyl (C=O) groups is 1. The molecule has 0 unspecified atom stereocenters. The number of pyridine rings is 1. The van der Waals surface area contributed by atoms with Gasteiger partial charge >= 0.3 is 6.03 Å².